The van der Waals surface area contributed by atoms with Crippen LogP contribution in [0.3, 0.4) is 0 Å². The molecule has 2 saturated heterocycles. The topological polar surface area (TPSA) is 111 Å². The van der Waals surface area contributed by atoms with Gasteiger partial charge in [0.1, 0.15) is 42.5 Å². The van der Waals surface area contributed by atoms with Gasteiger partial charge in [0.2, 0.25) is 0 Å². The van der Waals surface area contributed by atoms with E-state index in [0.717, 1.165) is 12.1 Å². The third kappa shape index (κ3) is 3.00. The molecule has 26 heavy (non-hydrogen) atoms. The number of carbonyl (C=O) groups excluding carboxylic acids is 1. The van der Waals surface area contributed by atoms with Crippen molar-refractivity contribution in [1.82, 2.24) is 20.1 Å². The van der Waals surface area contributed by atoms with Gasteiger partial charge in [0.25, 0.3) is 0 Å². The number of aromatic nitrogens is 3. The lowest BCUT2D eigenvalue weighted by Gasteiger charge is -2.38. The highest BCUT2D eigenvalue weighted by Crippen LogP contribution is 2.35. The van der Waals surface area contributed by atoms with E-state index in [2.05, 4.69) is 20.7 Å². The van der Waals surface area contributed by atoms with Crippen LogP contribution in [-0.4, -0.2) is 57.0 Å². The van der Waals surface area contributed by atoms with E-state index in [1.165, 1.54) is 17.3 Å². The smallest absolute Gasteiger partial charge is 0.319 e. The van der Waals surface area contributed by atoms with Crippen LogP contribution in [0.4, 0.5) is 19.3 Å². The Hall–Kier alpha value is -2.63. The normalized spacial score (nSPS) is 30.2. The molecular formula is C15H15F2N5O4. The predicted molar refractivity (Wildman–Crippen MR) is 82.0 cm³/mol. The second-order valence-corrected chi connectivity index (χ2v) is 5.98. The van der Waals surface area contributed by atoms with Gasteiger partial charge in [0.05, 0.1) is 18.3 Å². The molecule has 11 heteroatoms. The van der Waals surface area contributed by atoms with Crippen molar-refractivity contribution in [3.63, 3.8) is 0 Å². The summed E-state index contributed by atoms with van der Waals surface area (Å²) in [5.41, 5.74) is -0.191. The number of nitrogens with one attached hydrogen (secondary N) is 2. The van der Waals surface area contributed by atoms with Crippen LogP contribution in [0, 0.1) is 11.6 Å². The van der Waals surface area contributed by atoms with Crippen molar-refractivity contribution in [2.45, 2.75) is 30.6 Å². The van der Waals surface area contributed by atoms with E-state index in [0.29, 0.717) is 6.07 Å². The van der Waals surface area contributed by atoms with Crippen molar-refractivity contribution in [3.8, 4) is 0 Å². The molecule has 2 aliphatic rings. The van der Waals surface area contributed by atoms with E-state index >= 15 is 0 Å². The Morgan fingerprint density at radius 3 is 2.96 bits per heavy atom. The molecule has 0 unspecified atom stereocenters. The Balaban J connectivity index is 1.49. The maximum atomic E-state index is 13.7. The molecule has 2 amide bonds. The van der Waals surface area contributed by atoms with Gasteiger partial charge in [0.15, 0.2) is 6.29 Å². The van der Waals surface area contributed by atoms with E-state index in [9.17, 15) is 18.7 Å². The summed E-state index contributed by atoms with van der Waals surface area (Å²) in [6.07, 6.45) is 0.350. The van der Waals surface area contributed by atoms with Crippen LogP contribution in [0.5, 0.6) is 0 Å². The largest absolute Gasteiger partial charge is 0.388 e. The molecule has 0 saturated carbocycles. The summed E-state index contributed by atoms with van der Waals surface area (Å²) in [6.45, 7) is 0.169. The first-order valence-electron chi connectivity index (χ1n) is 7.85. The minimum atomic E-state index is -1.08. The van der Waals surface area contributed by atoms with Gasteiger partial charge in [-0.15, -0.1) is 0 Å². The lowest BCUT2D eigenvalue weighted by molar-refractivity contribution is -0.166. The van der Waals surface area contributed by atoms with Crippen molar-refractivity contribution in [3.05, 3.63) is 42.5 Å². The number of anilines is 1. The number of fused-ring (bicyclic) bond motifs is 2. The summed E-state index contributed by atoms with van der Waals surface area (Å²) in [6, 6.07) is 0.476. The number of benzene rings is 1. The Morgan fingerprint density at radius 1 is 1.38 bits per heavy atom. The van der Waals surface area contributed by atoms with E-state index in [-0.39, 0.29) is 12.3 Å². The third-order valence-electron chi connectivity index (χ3n) is 4.35. The number of amides is 2. The number of aliphatic hydroxyl groups excluding tert-OH is 1. The van der Waals surface area contributed by atoms with Crippen LogP contribution in [0.1, 0.15) is 6.04 Å². The van der Waals surface area contributed by atoms with Crippen molar-refractivity contribution in [1.29, 1.82) is 0 Å². The fourth-order valence-electron chi connectivity index (χ4n) is 3.13. The second-order valence-electron chi connectivity index (χ2n) is 5.98. The van der Waals surface area contributed by atoms with Crippen molar-refractivity contribution < 1.29 is 28.2 Å². The summed E-state index contributed by atoms with van der Waals surface area (Å²) >= 11 is 0. The molecule has 0 spiro atoms. The lowest BCUT2D eigenvalue weighted by atomic mass is 9.96. The Morgan fingerprint density at radius 2 is 2.23 bits per heavy atom. The van der Waals surface area contributed by atoms with Gasteiger partial charge in [-0.3, -0.25) is 0 Å². The second kappa shape index (κ2) is 6.59. The van der Waals surface area contributed by atoms with Crippen molar-refractivity contribution >= 4 is 11.7 Å². The highest BCUT2D eigenvalue weighted by atomic mass is 19.1. The molecule has 1 aromatic heterocycles. The minimum Gasteiger partial charge on any atom is -0.388 e. The molecule has 0 aliphatic carbocycles. The number of urea groups is 1. The van der Waals surface area contributed by atoms with Crippen LogP contribution >= 0.6 is 0 Å². The molecule has 138 valence electrons. The standard InChI is InChI=1S/C15H15F2N5O4/c16-7-1-2-9(8(17)3-7)20-15(24)21-11-10-4-25-14(26-10)12(13(11)23)22-6-18-5-19-22/h1-3,5-6,10-14,23H,4H2,(H2,20,21,24)/t10-,11-,12-,13+,14-/m1/s1. The van der Waals surface area contributed by atoms with Crippen molar-refractivity contribution in [2.75, 3.05) is 11.9 Å². The quantitative estimate of drug-likeness (QED) is 0.725. The highest BCUT2D eigenvalue weighted by molar-refractivity contribution is 5.89. The number of halogens is 2. The first-order chi connectivity index (χ1) is 12.5. The lowest BCUT2D eigenvalue weighted by Crippen LogP contribution is -2.59. The van der Waals surface area contributed by atoms with Crippen LogP contribution in [0.15, 0.2) is 30.9 Å². The molecule has 3 heterocycles. The molecule has 0 radical (unpaired) electrons. The van der Waals surface area contributed by atoms with E-state index in [1.807, 2.05) is 0 Å². The third-order valence-corrected chi connectivity index (χ3v) is 4.35. The van der Waals surface area contributed by atoms with Gasteiger partial charge in [-0.2, -0.15) is 5.10 Å². The molecule has 3 N–H and O–H groups in total. The SMILES string of the molecule is O=C(Nc1ccc(F)cc1F)N[C@H]1[C@H](O)[C@@H](n2cncn2)[C@@H]2OC[C@H]1O2. The van der Waals surface area contributed by atoms with Gasteiger partial charge in [-0.25, -0.2) is 23.2 Å². The van der Waals surface area contributed by atoms with Crippen LogP contribution in [0.25, 0.3) is 0 Å². The first-order valence-corrected chi connectivity index (χ1v) is 7.85. The number of hydrogen-bond donors (Lipinski definition) is 3. The van der Waals surface area contributed by atoms with Gasteiger partial charge in [0, 0.05) is 6.07 Å². The fraction of sp³-hybridized carbons (Fsp3) is 0.400. The maximum absolute atomic E-state index is 13.7. The molecule has 2 fully saturated rings. The predicted octanol–water partition coefficient (Wildman–Crippen LogP) is 0.404. The van der Waals surface area contributed by atoms with Crippen LogP contribution in [-0.2, 0) is 9.47 Å². The van der Waals surface area contributed by atoms with Gasteiger partial charge >= 0.3 is 6.03 Å². The average molecular weight is 367 g/mol. The molecule has 2 bridgehead atoms. The summed E-state index contributed by atoms with van der Waals surface area (Å²) in [4.78, 5) is 16.0. The summed E-state index contributed by atoms with van der Waals surface area (Å²) in [7, 11) is 0. The monoisotopic (exact) mass is 367 g/mol. The Labute approximate surface area is 145 Å². The molecule has 9 nitrogen and oxygen atoms in total. The number of rotatable bonds is 3. The number of nitrogens with zero attached hydrogens (tertiary/aromatic N) is 3. The zero-order valence-electron chi connectivity index (χ0n) is 13.3. The van der Waals surface area contributed by atoms with Crippen LogP contribution in [0.2, 0.25) is 0 Å². The van der Waals surface area contributed by atoms with Gasteiger partial charge in [-0.05, 0) is 12.1 Å². The molecular weight excluding hydrogens is 352 g/mol. The van der Waals surface area contributed by atoms with Crippen LogP contribution < -0.4 is 10.6 Å². The number of aliphatic hydroxyl groups is 1. The van der Waals surface area contributed by atoms with E-state index < -0.39 is 48.2 Å². The average Bonchev–Trinajstić information content (AvgIpc) is 3.26. The summed E-state index contributed by atoms with van der Waals surface area (Å²) in [5.74, 6) is -1.67. The molecule has 5 atom stereocenters. The maximum Gasteiger partial charge on any atom is 0.319 e. The highest BCUT2D eigenvalue weighted by Gasteiger charge is 2.51. The molecule has 2 aliphatic heterocycles. The van der Waals surface area contributed by atoms with Gasteiger partial charge < -0.3 is 25.2 Å². The van der Waals surface area contributed by atoms with Crippen molar-refractivity contribution in [2.24, 2.45) is 0 Å². The summed E-state index contributed by atoms with van der Waals surface area (Å²) in [5, 5.41) is 19.5. The zero-order chi connectivity index (χ0) is 18.3. The molecule has 2 aromatic rings. The first kappa shape index (κ1) is 16.8. The zero-order valence-corrected chi connectivity index (χ0v) is 13.3. The van der Waals surface area contributed by atoms with E-state index in [4.69, 9.17) is 9.47 Å². The number of ether oxygens (including phenoxy) is 2. The Kier molecular flexibility index (Phi) is 4.26. The fourth-order valence-corrected chi connectivity index (χ4v) is 3.13. The molecule has 4 rings (SSSR count). The minimum absolute atomic E-state index is 0.169. The number of carbonyl (C=O) groups is 1. The Bertz CT molecular complexity index is 805. The summed E-state index contributed by atoms with van der Waals surface area (Å²) < 4.78 is 39.2. The van der Waals surface area contributed by atoms with Gasteiger partial charge in [-0.1, -0.05) is 0 Å². The molecule has 1 aromatic carbocycles. The number of hydrogen-bond acceptors (Lipinski definition) is 6. The van der Waals surface area contributed by atoms with E-state index in [1.54, 1.807) is 0 Å².